The number of carbonyl (C=O) groups excluding carboxylic acids is 2. The van der Waals surface area contributed by atoms with Gasteiger partial charge in [0.2, 0.25) is 0 Å². The number of hydrogen-bond acceptors (Lipinski definition) is 4. The summed E-state index contributed by atoms with van der Waals surface area (Å²) in [6, 6.07) is 13.7. The van der Waals surface area contributed by atoms with E-state index in [1.807, 2.05) is 18.2 Å². The van der Waals surface area contributed by atoms with E-state index in [-0.39, 0.29) is 5.91 Å². The first kappa shape index (κ1) is 16.1. The van der Waals surface area contributed by atoms with E-state index in [1.54, 1.807) is 30.5 Å². The highest BCUT2D eigenvalue weighted by Gasteiger charge is 2.13. The smallest absolute Gasteiger partial charge is 0.337 e. The Hall–Kier alpha value is -2.73. The summed E-state index contributed by atoms with van der Waals surface area (Å²) in [5.74, 6) is -0.810. The number of nitrogens with zero attached hydrogens (tertiary/aromatic N) is 1. The molecule has 0 unspecified atom stereocenters. The molecule has 1 heterocycles. The highest BCUT2D eigenvalue weighted by Crippen LogP contribution is 2.28. The molecule has 3 aromatic rings. The number of pyridine rings is 1. The van der Waals surface area contributed by atoms with E-state index in [0.717, 1.165) is 9.86 Å². The number of halogens is 1. The van der Waals surface area contributed by atoms with Crippen LogP contribution in [0, 0.1) is 0 Å². The number of aromatic nitrogens is 1. The van der Waals surface area contributed by atoms with Crippen LogP contribution in [-0.4, -0.2) is 24.0 Å². The molecule has 1 aromatic heterocycles. The van der Waals surface area contributed by atoms with Crippen molar-refractivity contribution in [3.63, 3.8) is 0 Å². The monoisotopic (exact) mass is 384 g/mol. The van der Waals surface area contributed by atoms with Crippen LogP contribution >= 0.6 is 15.9 Å². The van der Waals surface area contributed by atoms with E-state index in [2.05, 4.69) is 31.0 Å². The number of esters is 1. The van der Waals surface area contributed by atoms with Crippen molar-refractivity contribution < 1.29 is 14.3 Å². The fourth-order valence-corrected chi connectivity index (χ4v) is 2.79. The molecule has 5 nitrogen and oxygen atoms in total. The van der Waals surface area contributed by atoms with E-state index < -0.39 is 5.97 Å². The van der Waals surface area contributed by atoms with Gasteiger partial charge in [0.25, 0.3) is 5.91 Å². The Labute approximate surface area is 146 Å². The van der Waals surface area contributed by atoms with Crippen LogP contribution in [0.5, 0.6) is 0 Å². The van der Waals surface area contributed by atoms with E-state index in [0.29, 0.717) is 22.3 Å². The van der Waals surface area contributed by atoms with Gasteiger partial charge in [-0.05, 0) is 36.4 Å². The van der Waals surface area contributed by atoms with Crippen LogP contribution in [0.1, 0.15) is 20.7 Å². The lowest BCUT2D eigenvalue weighted by atomic mass is 10.1. The first-order chi connectivity index (χ1) is 11.6. The summed E-state index contributed by atoms with van der Waals surface area (Å²) >= 11 is 3.47. The minimum absolute atomic E-state index is 0.323. The molecular weight excluding hydrogens is 372 g/mol. The normalized spacial score (nSPS) is 10.4. The number of fused-ring (bicyclic) bond motifs is 1. The van der Waals surface area contributed by atoms with Gasteiger partial charge in [-0.2, -0.15) is 0 Å². The van der Waals surface area contributed by atoms with E-state index in [9.17, 15) is 9.59 Å². The second-order valence-corrected chi connectivity index (χ2v) is 5.88. The second-order valence-electron chi connectivity index (χ2n) is 5.02. The molecule has 6 heteroatoms. The zero-order valence-electron chi connectivity index (χ0n) is 12.7. The van der Waals surface area contributed by atoms with Crippen molar-refractivity contribution in [2.45, 2.75) is 0 Å². The summed E-state index contributed by atoms with van der Waals surface area (Å²) in [5, 5.41) is 3.74. The molecule has 0 atom stereocenters. The van der Waals surface area contributed by atoms with E-state index in [4.69, 9.17) is 0 Å². The minimum atomic E-state index is -0.486. The lowest BCUT2D eigenvalue weighted by Crippen LogP contribution is -2.13. The van der Waals surface area contributed by atoms with Crippen molar-refractivity contribution in [2.24, 2.45) is 0 Å². The van der Waals surface area contributed by atoms with Crippen molar-refractivity contribution in [2.75, 3.05) is 12.4 Å². The Bertz CT molecular complexity index is 940. The second kappa shape index (κ2) is 6.80. The fourth-order valence-electron chi connectivity index (χ4n) is 2.34. The quantitative estimate of drug-likeness (QED) is 0.691. The molecule has 0 saturated carbocycles. The van der Waals surface area contributed by atoms with Crippen molar-refractivity contribution in [3.05, 3.63) is 70.3 Å². The largest absolute Gasteiger partial charge is 0.465 e. The molecule has 0 aliphatic heterocycles. The van der Waals surface area contributed by atoms with Crippen LogP contribution in [-0.2, 0) is 4.74 Å². The summed E-state index contributed by atoms with van der Waals surface area (Å²) in [5.41, 5.74) is 1.97. The van der Waals surface area contributed by atoms with Gasteiger partial charge in [0, 0.05) is 21.6 Å². The predicted molar refractivity (Wildman–Crippen MR) is 95.2 cm³/mol. The van der Waals surface area contributed by atoms with E-state index >= 15 is 0 Å². The van der Waals surface area contributed by atoms with Gasteiger partial charge in [-0.25, -0.2) is 4.79 Å². The van der Waals surface area contributed by atoms with Gasteiger partial charge in [-0.3, -0.25) is 9.78 Å². The molecule has 24 heavy (non-hydrogen) atoms. The molecule has 0 radical (unpaired) electrons. The highest BCUT2D eigenvalue weighted by atomic mass is 79.9. The first-order valence-electron chi connectivity index (χ1n) is 7.13. The SMILES string of the molecule is COC(=O)c1cccc(C(=O)Nc2ccc(Br)c3cccnc23)c1. The first-order valence-corrected chi connectivity index (χ1v) is 7.92. The summed E-state index contributed by atoms with van der Waals surface area (Å²) < 4.78 is 5.57. The van der Waals surface area contributed by atoms with Crippen LogP contribution < -0.4 is 5.32 Å². The predicted octanol–water partition coefficient (Wildman–Crippen LogP) is 4.04. The van der Waals surface area contributed by atoms with Gasteiger partial charge in [0.1, 0.15) is 0 Å². The molecule has 2 aromatic carbocycles. The maximum Gasteiger partial charge on any atom is 0.337 e. The average Bonchev–Trinajstić information content (AvgIpc) is 2.63. The number of amides is 1. The lowest BCUT2D eigenvalue weighted by molar-refractivity contribution is 0.0600. The maximum absolute atomic E-state index is 12.5. The molecule has 0 saturated heterocycles. The molecule has 120 valence electrons. The van der Waals surface area contributed by atoms with Gasteiger partial charge in [-0.1, -0.05) is 28.1 Å². The summed E-state index contributed by atoms with van der Waals surface area (Å²) in [6.45, 7) is 0. The molecule has 0 spiro atoms. The number of anilines is 1. The molecule has 0 fully saturated rings. The molecule has 3 rings (SSSR count). The maximum atomic E-state index is 12.5. The number of benzene rings is 2. The number of carbonyl (C=O) groups is 2. The fraction of sp³-hybridized carbons (Fsp3) is 0.0556. The molecular formula is C18H13BrN2O3. The van der Waals surface area contributed by atoms with Gasteiger partial charge >= 0.3 is 5.97 Å². The van der Waals surface area contributed by atoms with Crippen LogP contribution in [0.4, 0.5) is 5.69 Å². The summed E-state index contributed by atoms with van der Waals surface area (Å²) in [7, 11) is 1.30. The van der Waals surface area contributed by atoms with Gasteiger partial charge < -0.3 is 10.1 Å². The third kappa shape index (κ3) is 3.14. The van der Waals surface area contributed by atoms with Crippen LogP contribution in [0.2, 0.25) is 0 Å². The minimum Gasteiger partial charge on any atom is -0.465 e. The van der Waals surface area contributed by atoms with Crippen molar-refractivity contribution >= 4 is 44.4 Å². The van der Waals surface area contributed by atoms with Crippen LogP contribution in [0.15, 0.2) is 59.2 Å². The standard InChI is InChI=1S/C18H13BrN2O3/c1-24-18(23)12-5-2-4-11(10-12)17(22)21-15-8-7-14(19)13-6-3-9-20-16(13)15/h2-10H,1H3,(H,21,22). The Kier molecular flexibility index (Phi) is 4.57. The van der Waals surface area contributed by atoms with Crippen molar-refractivity contribution in [1.82, 2.24) is 4.98 Å². The molecule has 1 N–H and O–H groups in total. The number of nitrogens with one attached hydrogen (secondary N) is 1. The zero-order valence-corrected chi connectivity index (χ0v) is 14.3. The summed E-state index contributed by atoms with van der Waals surface area (Å²) in [6.07, 6.45) is 1.67. The van der Waals surface area contributed by atoms with Crippen molar-refractivity contribution in [1.29, 1.82) is 0 Å². The third-order valence-electron chi connectivity index (χ3n) is 3.51. The van der Waals surface area contributed by atoms with Crippen LogP contribution in [0.3, 0.4) is 0 Å². The summed E-state index contributed by atoms with van der Waals surface area (Å²) in [4.78, 5) is 28.4. The lowest BCUT2D eigenvalue weighted by Gasteiger charge is -2.10. The topological polar surface area (TPSA) is 68.3 Å². The Morgan fingerprint density at radius 1 is 1.08 bits per heavy atom. The molecule has 1 amide bonds. The Morgan fingerprint density at radius 3 is 2.67 bits per heavy atom. The van der Waals surface area contributed by atoms with E-state index in [1.165, 1.54) is 13.2 Å². The third-order valence-corrected chi connectivity index (χ3v) is 4.20. The average molecular weight is 385 g/mol. The zero-order chi connectivity index (χ0) is 17.1. The highest BCUT2D eigenvalue weighted by molar-refractivity contribution is 9.10. The Balaban J connectivity index is 1.94. The molecule has 0 aliphatic rings. The number of hydrogen-bond donors (Lipinski definition) is 1. The Morgan fingerprint density at radius 2 is 1.88 bits per heavy atom. The van der Waals surface area contributed by atoms with Crippen LogP contribution in [0.25, 0.3) is 10.9 Å². The molecule has 0 aliphatic carbocycles. The number of methoxy groups -OCH3 is 1. The van der Waals surface area contributed by atoms with Crippen molar-refractivity contribution in [3.8, 4) is 0 Å². The van der Waals surface area contributed by atoms with Gasteiger partial charge in [-0.15, -0.1) is 0 Å². The number of ether oxygens (including phenoxy) is 1. The molecule has 0 bridgehead atoms. The van der Waals surface area contributed by atoms with Gasteiger partial charge in [0.15, 0.2) is 0 Å². The van der Waals surface area contributed by atoms with Gasteiger partial charge in [0.05, 0.1) is 23.9 Å². The number of rotatable bonds is 3.